The number of allylic oxidation sites excluding steroid dienone is 1. The SMILES string of the molecule is C=CNC(=N[C@@H](C)CN1CCN(C2=C(C)N=C(NC(C)=O)C2)CC1)c1cccc(C)c1C.C=O.CC.CCC=O. The Morgan fingerprint density at radius 3 is 2.27 bits per heavy atom. The second-order valence-corrected chi connectivity index (χ2v) is 9.23. The van der Waals surface area contributed by atoms with E-state index < -0.39 is 0 Å². The summed E-state index contributed by atoms with van der Waals surface area (Å²) in [6.07, 6.45) is 3.92. The minimum atomic E-state index is -0.0664. The molecule has 1 fully saturated rings. The van der Waals surface area contributed by atoms with Crippen LogP contribution in [0, 0.1) is 13.8 Å². The van der Waals surface area contributed by atoms with Crippen LogP contribution in [0.1, 0.15) is 71.1 Å². The second-order valence-electron chi connectivity index (χ2n) is 9.23. The second kappa shape index (κ2) is 20.3. The minimum Gasteiger partial charge on any atom is -0.370 e. The average Bonchev–Trinajstić information content (AvgIpc) is 3.31. The molecule has 1 aromatic rings. The molecule has 1 amide bonds. The molecule has 0 radical (unpaired) electrons. The monoisotopic (exact) mass is 554 g/mol. The standard InChI is InChI=1S/C25H36N6O.C3H6O.C2H6.CH2O/c1-7-26-25(22-10-8-9-17(2)19(22)4)27-18(3)16-30-11-13-31(14-12-30)23-15-24(28-20(23)5)29-21(6)32;1-2-3-4;2*1-2/h7-10,18H,1,11-16H2,2-6H3,(H,26,27)(H,28,29,32);3H,2H2,1H3;1-2H3;1H2/t18-;;;/m0.../s1. The lowest BCUT2D eigenvalue weighted by Crippen LogP contribution is -2.48. The first-order valence-electron chi connectivity index (χ1n) is 14.0. The van der Waals surface area contributed by atoms with Crippen molar-refractivity contribution in [2.45, 2.75) is 74.3 Å². The van der Waals surface area contributed by atoms with Gasteiger partial charge in [0, 0.05) is 63.7 Å². The zero-order valence-electron chi connectivity index (χ0n) is 25.8. The normalized spacial score (nSPS) is 15.7. The van der Waals surface area contributed by atoms with Crippen molar-refractivity contribution >= 4 is 30.7 Å². The number of aryl methyl sites for hydroxylation is 1. The van der Waals surface area contributed by atoms with Gasteiger partial charge in [-0.25, -0.2) is 4.99 Å². The van der Waals surface area contributed by atoms with Crippen LogP contribution in [0.15, 0.2) is 52.4 Å². The van der Waals surface area contributed by atoms with Gasteiger partial charge in [0.1, 0.15) is 24.7 Å². The predicted octanol–water partition coefficient (Wildman–Crippen LogP) is 4.40. The molecule has 40 heavy (non-hydrogen) atoms. The van der Waals surface area contributed by atoms with Crippen LogP contribution in [0.25, 0.3) is 0 Å². The third-order valence-corrected chi connectivity index (χ3v) is 6.27. The number of hydrogen-bond donors (Lipinski definition) is 2. The fraction of sp³-hybridized carbons (Fsp3) is 0.516. The fourth-order valence-corrected chi connectivity index (χ4v) is 4.33. The van der Waals surface area contributed by atoms with E-state index in [2.05, 4.69) is 71.0 Å². The molecule has 0 aromatic heterocycles. The number of hydrogen-bond acceptors (Lipinski definition) is 7. The van der Waals surface area contributed by atoms with Crippen molar-refractivity contribution in [1.82, 2.24) is 20.4 Å². The number of nitrogens with zero attached hydrogens (tertiary/aromatic N) is 4. The van der Waals surface area contributed by atoms with E-state index in [9.17, 15) is 9.59 Å². The zero-order valence-corrected chi connectivity index (χ0v) is 25.8. The first-order valence-corrected chi connectivity index (χ1v) is 14.0. The van der Waals surface area contributed by atoms with Crippen molar-refractivity contribution in [3.8, 4) is 0 Å². The lowest BCUT2D eigenvalue weighted by atomic mass is 10.0. The summed E-state index contributed by atoms with van der Waals surface area (Å²) in [5, 5.41) is 6.07. The van der Waals surface area contributed by atoms with Crippen LogP contribution in [0.3, 0.4) is 0 Å². The Balaban J connectivity index is 0.00000171. The van der Waals surface area contributed by atoms with E-state index in [-0.39, 0.29) is 11.9 Å². The van der Waals surface area contributed by atoms with E-state index >= 15 is 0 Å². The van der Waals surface area contributed by atoms with E-state index in [1.54, 1.807) is 6.20 Å². The van der Waals surface area contributed by atoms with Crippen molar-refractivity contribution in [2.75, 3.05) is 32.7 Å². The molecule has 0 spiro atoms. The maximum atomic E-state index is 11.3. The maximum absolute atomic E-state index is 11.3. The van der Waals surface area contributed by atoms with E-state index in [1.807, 2.05) is 34.5 Å². The highest BCUT2D eigenvalue weighted by molar-refractivity contribution is 6.01. The highest BCUT2D eigenvalue weighted by atomic mass is 16.1. The van der Waals surface area contributed by atoms with Crippen molar-refractivity contribution in [1.29, 1.82) is 0 Å². The molecule has 2 heterocycles. The molecule has 222 valence electrons. The minimum absolute atomic E-state index is 0.0664. The van der Waals surface area contributed by atoms with Gasteiger partial charge in [0.05, 0.1) is 11.7 Å². The summed E-state index contributed by atoms with van der Waals surface area (Å²) in [5.74, 6) is 1.56. The Morgan fingerprint density at radius 2 is 1.75 bits per heavy atom. The molecule has 0 aliphatic carbocycles. The van der Waals surface area contributed by atoms with Gasteiger partial charge < -0.3 is 25.1 Å². The summed E-state index contributed by atoms with van der Waals surface area (Å²) in [6, 6.07) is 6.46. The summed E-state index contributed by atoms with van der Waals surface area (Å²) in [4.78, 5) is 42.9. The number of amidine groups is 2. The Morgan fingerprint density at radius 1 is 1.15 bits per heavy atom. The van der Waals surface area contributed by atoms with Crippen LogP contribution >= 0.6 is 0 Å². The first kappa shape index (κ1) is 36.4. The van der Waals surface area contributed by atoms with Gasteiger partial charge in [0.25, 0.3) is 0 Å². The maximum Gasteiger partial charge on any atom is 0.222 e. The first-order chi connectivity index (χ1) is 19.2. The highest BCUT2D eigenvalue weighted by Gasteiger charge is 2.25. The molecule has 1 saturated heterocycles. The van der Waals surface area contributed by atoms with Gasteiger partial charge in [-0.15, -0.1) is 0 Å². The Labute approximate surface area is 241 Å². The van der Waals surface area contributed by atoms with Gasteiger partial charge in [0.2, 0.25) is 5.91 Å². The van der Waals surface area contributed by atoms with Gasteiger partial charge in [-0.05, 0) is 45.0 Å². The van der Waals surface area contributed by atoms with Crippen LogP contribution in [0.4, 0.5) is 0 Å². The summed E-state index contributed by atoms with van der Waals surface area (Å²) >= 11 is 0. The van der Waals surface area contributed by atoms with E-state index in [0.29, 0.717) is 12.8 Å². The zero-order chi connectivity index (χ0) is 30.7. The third-order valence-electron chi connectivity index (χ3n) is 6.27. The molecule has 0 unspecified atom stereocenters. The summed E-state index contributed by atoms with van der Waals surface area (Å²) in [7, 11) is 0. The van der Waals surface area contributed by atoms with Gasteiger partial charge in [-0.2, -0.15) is 0 Å². The van der Waals surface area contributed by atoms with Gasteiger partial charge >= 0.3 is 0 Å². The molecule has 1 atom stereocenters. The Hall–Kier alpha value is -3.59. The Bertz CT molecular complexity index is 1040. The molecule has 3 rings (SSSR count). The number of aliphatic imine (C=N–C) groups is 2. The molecule has 2 aliphatic heterocycles. The number of carbonyl (C=O) groups is 3. The molecular formula is C31H50N6O3. The number of rotatable bonds is 7. The number of nitrogens with one attached hydrogen (secondary N) is 2. The van der Waals surface area contributed by atoms with E-state index in [4.69, 9.17) is 9.79 Å². The average molecular weight is 555 g/mol. The van der Waals surface area contributed by atoms with Crippen molar-refractivity contribution in [3.63, 3.8) is 0 Å². The van der Waals surface area contributed by atoms with Crippen molar-refractivity contribution in [2.24, 2.45) is 9.98 Å². The topological polar surface area (TPSA) is 106 Å². The molecule has 2 aliphatic rings. The molecule has 0 bridgehead atoms. The largest absolute Gasteiger partial charge is 0.370 e. The predicted molar refractivity (Wildman–Crippen MR) is 167 cm³/mol. The van der Waals surface area contributed by atoms with Crippen LogP contribution in [0.2, 0.25) is 0 Å². The van der Waals surface area contributed by atoms with Crippen molar-refractivity contribution < 1.29 is 14.4 Å². The van der Waals surface area contributed by atoms with E-state index in [0.717, 1.165) is 61.9 Å². The third kappa shape index (κ3) is 12.1. The molecular weight excluding hydrogens is 504 g/mol. The number of amides is 1. The molecule has 9 heteroatoms. The van der Waals surface area contributed by atoms with Gasteiger partial charge in [-0.1, -0.05) is 45.5 Å². The molecule has 9 nitrogen and oxygen atoms in total. The smallest absolute Gasteiger partial charge is 0.222 e. The van der Waals surface area contributed by atoms with Crippen molar-refractivity contribution in [3.05, 3.63) is 59.1 Å². The molecule has 2 N–H and O–H groups in total. The lowest BCUT2D eigenvalue weighted by molar-refractivity contribution is -0.117. The molecule has 0 saturated carbocycles. The number of aldehydes is 1. The molecule has 1 aromatic carbocycles. The summed E-state index contributed by atoms with van der Waals surface area (Å²) < 4.78 is 0. The van der Waals surface area contributed by atoms with Gasteiger partial charge in [0.15, 0.2) is 0 Å². The lowest BCUT2D eigenvalue weighted by Gasteiger charge is -2.37. The fourth-order valence-electron chi connectivity index (χ4n) is 4.33. The Kier molecular flexibility index (Phi) is 18.5. The highest BCUT2D eigenvalue weighted by Crippen LogP contribution is 2.24. The number of piperazine rings is 1. The number of carbonyl (C=O) groups excluding carboxylic acids is 3. The summed E-state index contributed by atoms with van der Waals surface area (Å²) in [5.41, 5.74) is 5.86. The quantitative estimate of drug-likeness (QED) is 0.294. The number of benzene rings is 1. The van der Waals surface area contributed by atoms with Gasteiger partial charge in [-0.3, -0.25) is 14.7 Å². The van der Waals surface area contributed by atoms with Crippen LogP contribution in [0.5, 0.6) is 0 Å². The van der Waals surface area contributed by atoms with Crippen LogP contribution in [-0.2, 0) is 14.4 Å². The van der Waals surface area contributed by atoms with E-state index in [1.165, 1.54) is 23.7 Å². The summed E-state index contributed by atoms with van der Waals surface area (Å²) in [6.45, 7) is 26.4. The van der Waals surface area contributed by atoms with Crippen LogP contribution in [-0.4, -0.2) is 79.2 Å². The van der Waals surface area contributed by atoms with Crippen LogP contribution < -0.4 is 10.6 Å².